The second kappa shape index (κ2) is 10.5. The van der Waals surface area contributed by atoms with E-state index in [0.29, 0.717) is 49.8 Å². The van der Waals surface area contributed by atoms with Gasteiger partial charge in [0.1, 0.15) is 22.8 Å². The van der Waals surface area contributed by atoms with Gasteiger partial charge in [0.25, 0.3) is 5.56 Å². The molecule has 0 aliphatic carbocycles. The lowest BCUT2D eigenvalue weighted by Gasteiger charge is -2.33. The Morgan fingerprint density at radius 3 is 2.65 bits per heavy atom. The molecule has 1 N–H and O–H groups in total. The Morgan fingerprint density at radius 1 is 1.14 bits per heavy atom. The molecule has 5 heterocycles. The molecule has 0 unspecified atom stereocenters. The molecule has 2 aliphatic rings. The number of pyridine rings is 1. The van der Waals surface area contributed by atoms with Crippen LogP contribution < -0.4 is 10.3 Å². The van der Waals surface area contributed by atoms with Gasteiger partial charge in [0.15, 0.2) is 5.52 Å². The van der Waals surface area contributed by atoms with E-state index in [-0.39, 0.29) is 34.3 Å². The van der Waals surface area contributed by atoms with Crippen LogP contribution in [0.15, 0.2) is 22.0 Å². The molecule has 0 saturated carbocycles. The standard InChI is InChI=1S/C24H33N7O5S/c1-4-29-7-9-30(10-8-29)37(33,34)17-14-18(24(25-15-17)36-12-11-35-3)22-26-20-19-13-16(2)5-6-31(19)28-21(20)23(32)27-22/h14-16H,4-13H2,1-3H3,(H,26,27,32)/t16-/m1/s1. The molecule has 1 fully saturated rings. The second-order valence-electron chi connectivity index (χ2n) is 9.58. The zero-order valence-corrected chi connectivity index (χ0v) is 22.3. The van der Waals surface area contributed by atoms with Gasteiger partial charge >= 0.3 is 0 Å². The Morgan fingerprint density at radius 2 is 1.92 bits per heavy atom. The number of H-pyrrole nitrogens is 1. The third-order valence-corrected chi connectivity index (χ3v) is 8.96. The van der Waals surface area contributed by atoms with Gasteiger partial charge in [-0.1, -0.05) is 13.8 Å². The number of aromatic nitrogens is 5. The van der Waals surface area contributed by atoms with Gasteiger partial charge in [-0.2, -0.15) is 9.40 Å². The SMILES string of the molecule is CCN1CCN(S(=O)(=O)c2cnc(OCCOC)c(-c3nc4c5n(nc4c(=O)[nH]3)CC[C@@H](C)C5)c2)CC1. The molecule has 2 aliphatic heterocycles. The van der Waals surface area contributed by atoms with Crippen LogP contribution in [0.3, 0.4) is 0 Å². The summed E-state index contributed by atoms with van der Waals surface area (Å²) in [4.78, 5) is 27.2. The summed E-state index contributed by atoms with van der Waals surface area (Å²) < 4.78 is 41.2. The van der Waals surface area contributed by atoms with E-state index in [0.717, 1.165) is 31.6 Å². The minimum absolute atomic E-state index is 0.0277. The van der Waals surface area contributed by atoms with E-state index in [4.69, 9.17) is 14.5 Å². The molecular formula is C24H33N7O5S. The van der Waals surface area contributed by atoms with E-state index in [2.05, 4.69) is 33.8 Å². The van der Waals surface area contributed by atoms with Crippen molar-refractivity contribution in [1.82, 2.24) is 33.9 Å². The van der Waals surface area contributed by atoms with Gasteiger partial charge in [-0.05, 0) is 31.4 Å². The maximum atomic E-state index is 13.5. The zero-order valence-electron chi connectivity index (χ0n) is 21.4. The molecule has 3 aromatic rings. The predicted octanol–water partition coefficient (Wildman–Crippen LogP) is 1.12. The number of nitrogens with one attached hydrogen (secondary N) is 1. The number of methoxy groups -OCH3 is 1. The molecule has 12 nitrogen and oxygen atoms in total. The summed E-state index contributed by atoms with van der Waals surface area (Å²) >= 11 is 0. The van der Waals surface area contributed by atoms with Gasteiger partial charge in [0.2, 0.25) is 15.9 Å². The van der Waals surface area contributed by atoms with Crippen molar-refractivity contribution in [3.63, 3.8) is 0 Å². The highest BCUT2D eigenvalue weighted by atomic mass is 32.2. The number of sulfonamides is 1. The minimum atomic E-state index is -3.80. The summed E-state index contributed by atoms with van der Waals surface area (Å²) in [6.07, 6.45) is 3.05. The molecule has 37 heavy (non-hydrogen) atoms. The first-order valence-corrected chi connectivity index (χ1v) is 14.1. The first-order chi connectivity index (χ1) is 17.8. The lowest BCUT2D eigenvalue weighted by Crippen LogP contribution is -2.48. The van der Waals surface area contributed by atoms with Gasteiger partial charge < -0.3 is 19.4 Å². The number of hydrogen-bond acceptors (Lipinski definition) is 9. The average Bonchev–Trinajstić information content (AvgIpc) is 3.27. The number of aryl methyl sites for hydroxylation is 1. The number of likely N-dealkylation sites (N-methyl/N-ethyl adjacent to an activating group) is 1. The zero-order chi connectivity index (χ0) is 26.2. The third-order valence-electron chi connectivity index (χ3n) is 7.10. The normalized spacial score (nSPS) is 19.3. The number of rotatable bonds is 8. The summed E-state index contributed by atoms with van der Waals surface area (Å²) in [6.45, 7) is 8.51. The van der Waals surface area contributed by atoms with Gasteiger partial charge in [0, 0.05) is 39.8 Å². The molecule has 200 valence electrons. The Hall–Kier alpha value is -2.87. The Kier molecular flexibility index (Phi) is 7.30. The first-order valence-electron chi connectivity index (χ1n) is 12.7. The quantitative estimate of drug-likeness (QED) is 0.424. The smallest absolute Gasteiger partial charge is 0.279 e. The van der Waals surface area contributed by atoms with Crippen LogP contribution in [0, 0.1) is 5.92 Å². The fourth-order valence-corrected chi connectivity index (χ4v) is 6.26. The fourth-order valence-electron chi connectivity index (χ4n) is 4.87. The second-order valence-corrected chi connectivity index (χ2v) is 11.5. The Labute approximate surface area is 215 Å². The van der Waals surface area contributed by atoms with Crippen LogP contribution in [0.4, 0.5) is 0 Å². The van der Waals surface area contributed by atoms with Crippen molar-refractivity contribution < 1.29 is 17.9 Å². The number of hydrogen-bond donors (Lipinski definition) is 1. The summed E-state index contributed by atoms with van der Waals surface area (Å²) in [6, 6.07) is 1.49. The first kappa shape index (κ1) is 25.8. The van der Waals surface area contributed by atoms with Crippen LogP contribution in [0.1, 0.15) is 26.0 Å². The number of ether oxygens (including phenoxy) is 2. The molecule has 3 aromatic heterocycles. The molecule has 0 radical (unpaired) electrons. The van der Waals surface area contributed by atoms with Crippen LogP contribution >= 0.6 is 0 Å². The fraction of sp³-hybridized carbons (Fsp3) is 0.583. The van der Waals surface area contributed by atoms with Crippen LogP contribution in [0.2, 0.25) is 0 Å². The number of aromatic amines is 1. The van der Waals surface area contributed by atoms with Crippen molar-refractivity contribution in [3.8, 4) is 17.3 Å². The summed E-state index contributed by atoms with van der Waals surface area (Å²) in [5.74, 6) is 0.816. The highest BCUT2D eigenvalue weighted by Crippen LogP contribution is 2.31. The minimum Gasteiger partial charge on any atom is -0.475 e. The lowest BCUT2D eigenvalue weighted by molar-refractivity contribution is 0.144. The summed E-state index contributed by atoms with van der Waals surface area (Å²) in [5.41, 5.74) is 1.62. The van der Waals surface area contributed by atoms with Gasteiger partial charge in [-0.15, -0.1) is 0 Å². The average molecular weight is 532 g/mol. The Balaban J connectivity index is 1.58. The van der Waals surface area contributed by atoms with Gasteiger partial charge in [-0.3, -0.25) is 9.48 Å². The van der Waals surface area contributed by atoms with Crippen LogP contribution in [-0.4, -0.2) is 95.4 Å². The van der Waals surface area contributed by atoms with Crippen molar-refractivity contribution in [3.05, 3.63) is 28.3 Å². The molecule has 0 aromatic carbocycles. The summed E-state index contributed by atoms with van der Waals surface area (Å²) in [5, 5.41) is 4.48. The van der Waals surface area contributed by atoms with E-state index in [1.54, 1.807) is 7.11 Å². The number of piperazine rings is 1. The largest absolute Gasteiger partial charge is 0.475 e. The van der Waals surface area contributed by atoms with E-state index in [1.807, 2.05) is 4.68 Å². The monoisotopic (exact) mass is 531 g/mol. The van der Waals surface area contributed by atoms with Crippen molar-refractivity contribution in [2.75, 3.05) is 53.0 Å². The highest BCUT2D eigenvalue weighted by molar-refractivity contribution is 7.89. The lowest BCUT2D eigenvalue weighted by atomic mass is 9.98. The molecule has 13 heteroatoms. The van der Waals surface area contributed by atoms with Crippen molar-refractivity contribution in [2.24, 2.45) is 5.92 Å². The summed E-state index contributed by atoms with van der Waals surface area (Å²) in [7, 11) is -2.24. The molecular weight excluding hydrogens is 498 g/mol. The van der Waals surface area contributed by atoms with Crippen LogP contribution in [-0.2, 0) is 27.7 Å². The molecule has 0 bridgehead atoms. The van der Waals surface area contributed by atoms with Crippen LogP contribution in [0.25, 0.3) is 22.4 Å². The van der Waals surface area contributed by atoms with Gasteiger partial charge in [0.05, 0.1) is 24.1 Å². The van der Waals surface area contributed by atoms with Gasteiger partial charge in [-0.25, -0.2) is 18.4 Å². The predicted molar refractivity (Wildman–Crippen MR) is 137 cm³/mol. The van der Waals surface area contributed by atoms with E-state index in [9.17, 15) is 13.2 Å². The molecule has 1 atom stereocenters. The van der Waals surface area contributed by atoms with E-state index < -0.39 is 10.0 Å². The molecule has 5 rings (SSSR count). The topological polar surface area (TPSA) is 136 Å². The van der Waals surface area contributed by atoms with E-state index in [1.165, 1.54) is 16.6 Å². The third kappa shape index (κ3) is 5.00. The highest BCUT2D eigenvalue weighted by Gasteiger charge is 2.30. The Bertz CT molecular complexity index is 1440. The molecule has 0 amide bonds. The molecule has 0 spiro atoms. The van der Waals surface area contributed by atoms with Crippen molar-refractivity contribution >= 4 is 21.1 Å². The molecule has 1 saturated heterocycles. The van der Waals surface area contributed by atoms with Crippen LogP contribution in [0.5, 0.6) is 5.88 Å². The van der Waals surface area contributed by atoms with Crippen molar-refractivity contribution in [2.45, 2.75) is 38.1 Å². The van der Waals surface area contributed by atoms with E-state index >= 15 is 0 Å². The maximum Gasteiger partial charge on any atom is 0.279 e. The number of fused-ring (bicyclic) bond motifs is 3. The number of nitrogens with zero attached hydrogens (tertiary/aromatic N) is 6. The van der Waals surface area contributed by atoms with Crippen molar-refractivity contribution in [1.29, 1.82) is 0 Å². The maximum absolute atomic E-state index is 13.5.